The molecule has 0 radical (unpaired) electrons. The van der Waals surface area contributed by atoms with Crippen molar-refractivity contribution in [3.05, 3.63) is 47.7 Å². The van der Waals surface area contributed by atoms with E-state index in [0.29, 0.717) is 12.0 Å². The van der Waals surface area contributed by atoms with E-state index in [0.717, 1.165) is 35.4 Å². The number of hydrogen-bond acceptors (Lipinski definition) is 1. The summed E-state index contributed by atoms with van der Waals surface area (Å²) >= 11 is 0. The van der Waals surface area contributed by atoms with Gasteiger partial charge in [0.1, 0.15) is 18.4 Å². The van der Waals surface area contributed by atoms with E-state index in [1.807, 2.05) is 37.5 Å². The molecule has 2 aliphatic rings. The van der Waals surface area contributed by atoms with Crippen molar-refractivity contribution < 1.29 is 12.0 Å². The summed E-state index contributed by atoms with van der Waals surface area (Å²) in [6.45, 7) is 2.07. The number of pyridine rings is 1. The fourth-order valence-corrected chi connectivity index (χ4v) is 2.95. The molecule has 0 saturated heterocycles. The lowest BCUT2D eigenvalue weighted by Gasteiger charge is -2.28. The van der Waals surface area contributed by atoms with Crippen molar-refractivity contribution in [2.75, 3.05) is 0 Å². The van der Waals surface area contributed by atoms with Gasteiger partial charge >= 0.3 is 0 Å². The molecule has 1 fully saturated rings. The Kier molecular flexibility index (Phi) is 2.04. The van der Waals surface area contributed by atoms with E-state index in [4.69, 9.17) is 7.48 Å². The second-order valence-corrected chi connectivity index (χ2v) is 5.97. The molecule has 1 aromatic heterocycles. The molecule has 1 aromatic carbocycles. The minimum Gasteiger partial charge on any atom is -0.486 e. The monoisotopic (exact) mass is 268 g/mol. The number of hydrogen-bond donors (Lipinski definition) is 0. The summed E-state index contributed by atoms with van der Waals surface area (Å²) in [6.07, 6.45) is 3.08. The van der Waals surface area contributed by atoms with E-state index in [1.54, 1.807) is 0 Å². The van der Waals surface area contributed by atoms with Gasteiger partial charge in [0.2, 0.25) is 5.69 Å². The second-order valence-electron chi connectivity index (χ2n) is 5.97. The number of ether oxygens (including phenoxy) is 1. The highest BCUT2D eigenvalue weighted by molar-refractivity contribution is 5.71. The Labute approximate surface area is 122 Å². The average Bonchev–Trinajstić information content (AvgIpc) is 3.17. The van der Waals surface area contributed by atoms with Crippen molar-refractivity contribution in [2.45, 2.75) is 38.2 Å². The zero-order valence-electron chi connectivity index (χ0n) is 13.9. The Bertz CT molecular complexity index is 766. The first kappa shape index (κ1) is 9.98. The molecule has 1 aliphatic carbocycles. The average molecular weight is 268 g/mol. The quantitative estimate of drug-likeness (QED) is 0.723. The maximum atomic E-state index is 8.47. The number of aromatic nitrogens is 1. The molecule has 0 N–H and O–H groups in total. The van der Waals surface area contributed by atoms with Gasteiger partial charge < -0.3 is 4.74 Å². The molecule has 20 heavy (non-hydrogen) atoms. The summed E-state index contributed by atoms with van der Waals surface area (Å²) < 4.78 is 25.3. The summed E-state index contributed by atoms with van der Waals surface area (Å²) in [6, 6.07) is 9.98. The molecule has 2 aromatic rings. The third-order valence-corrected chi connectivity index (χ3v) is 4.40. The van der Waals surface area contributed by atoms with Crippen molar-refractivity contribution in [3.63, 3.8) is 0 Å². The third kappa shape index (κ3) is 1.75. The predicted octanol–water partition coefficient (Wildman–Crippen LogP) is 3.34. The normalized spacial score (nSPS) is 22.5. The fraction of sp³-hybridized carbons (Fsp3) is 0.389. The molecule has 2 heteroatoms. The van der Waals surface area contributed by atoms with Gasteiger partial charge in [-0.05, 0) is 49.8 Å². The van der Waals surface area contributed by atoms with E-state index in [-0.39, 0.29) is 5.60 Å². The van der Waals surface area contributed by atoms with Crippen LogP contribution in [0, 0.1) is 6.92 Å². The predicted molar refractivity (Wildman–Crippen MR) is 78.7 cm³/mol. The zero-order valence-corrected chi connectivity index (χ0v) is 11.9. The van der Waals surface area contributed by atoms with Gasteiger partial charge in [-0.2, -0.15) is 0 Å². The first-order chi connectivity index (χ1) is 10.4. The van der Waals surface area contributed by atoms with E-state index >= 15 is 0 Å². The van der Waals surface area contributed by atoms with Gasteiger partial charge in [-0.25, -0.2) is 4.57 Å². The fourth-order valence-electron chi connectivity index (χ4n) is 2.95. The molecular weight excluding hydrogens is 246 g/mol. The van der Waals surface area contributed by atoms with Crippen LogP contribution >= 0.6 is 0 Å². The van der Waals surface area contributed by atoms with Crippen LogP contribution in [0.5, 0.6) is 5.75 Å². The Morgan fingerprint density at radius 1 is 1.20 bits per heavy atom. The van der Waals surface area contributed by atoms with Gasteiger partial charge in [-0.1, -0.05) is 12.1 Å². The van der Waals surface area contributed by atoms with Crippen LogP contribution in [-0.4, -0.2) is 5.60 Å². The molecule has 1 saturated carbocycles. The maximum absolute atomic E-state index is 8.47. The van der Waals surface area contributed by atoms with Crippen molar-refractivity contribution in [1.82, 2.24) is 0 Å². The van der Waals surface area contributed by atoms with Gasteiger partial charge in [0.05, 0.1) is 5.56 Å². The van der Waals surface area contributed by atoms with E-state index in [1.165, 1.54) is 0 Å². The third-order valence-electron chi connectivity index (χ3n) is 4.40. The standard InChI is InChI=1S/C18H20NO/c1-13-6-7-14-8-9-18(10-11-18)20-17(14)16(13)15-5-3-4-12-19(15)2/h3-7,12H,8-11H2,1-2H3/q+1/i8D2. The molecule has 0 amide bonds. The van der Waals surface area contributed by atoms with Crippen molar-refractivity contribution in [2.24, 2.45) is 7.05 Å². The van der Waals surface area contributed by atoms with E-state index in [2.05, 4.69) is 17.6 Å². The van der Waals surface area contributed by atoms with Gasteiger partial charge in [0.15, 0.2) is 6.20 Å². The van der Waals surface area contributed by atoms with Crippen molar-refractivity contribution in [3.8, 4) is 17.0 Å². The van der Waals surface area contributed by atoms with Crippen LogP contribution in [0.1, 0.15) is 33.1 Å². The van der Waals surface area contributed by atoms with Gasteiger partial charge in [0.25, 0.3) is 0 Å². The summed E-state index contributed by atoms with van der Waals surface area (Å²) in [4.78, 5) is 0. The summed E-state index contributed by atoms with van der Waals surface area (Å²) in [5.74, 6) is 0.746. The first-order valence-corrected chi connectivity index (χ1v) is 7.20. The Hall–Kier alpha value is -1.83. The SMILES string of the molecule is [2H]C1([2H])CC2(CC2)Oc2c1ccc(C)c2-c1cccc[n+]1C. The zero-order chi connectivity index (χ0) is 15.5. The highest BCUT2D eigenvalue weighted by Gasteiger charge is 2.48. The molecule has 0 bridgehead atoms. The first-order valence-electron chi connectivity index (χ1n) is 8.20. The molecule has 1 spiro atoms. The number of nitrogens with zero attached hydrogens (tertiary/aromatic N) is 1. The number of fused-ring (bicyclic) bond motifs is 1. The highest BCUT2D eigenvalue weighted by Crippen LogP contribution is 2.51. The number of benzene rings is 1. The summed E-state index contributed by atoms with van der Waals surface area (Å²) in [5.41, 5.74) is 3.62. The Morgan fingerprint density at radius 2 is 2.05 bits per heavy atom. The smallest absolute Gasteiger partial charge is 0.216 e. The Morgan fingerprint density at radius 3 is 2.80 bits per heavy atom. The van der Waals surface area contributed by atoms with Gasteiger partial charge in [-0.15, -0.1) is 0 Å². The minimum absolute atomic E-state index is 0.271. The maximum Gasteiger partial charge on any atom is 0.216 e. The second kappa shape index (κ2) is 4.08. The highest BCUT2D eigenvalue weighted by atomic mass is 16.5. The van der Waals surface area contributed by atoms with E-state index < -0.39 is 6.37 Å². The molecule has 4 rings (SSSR count). The molecule has 1 aliphatic heterocycles. The Balaban J connectivity index is 1.99. The number of aryl methyl sites for hydroxylation is 3. The van der Waals surface area contributed by atoms with Crippen LogP contribution in [0.25, 0.3) is 11.3 Å². The molecular formula is C18H20NO+. The van der Waals surface area contributed by atoms with Crippen LogP contribution < -0.4 is 9.30 Å². The molecule has 2 nitrogen and oxygen atoms in total. The molecule has 102 valence electrons. The lowest BCUT2D eigenvalue weighted by molar-refractivity contribution is -0.660. The topological polar surface area (TPSA) is 13.1 Å². The molecule has 2 heterocycles. The lowest BCUT2D eigenvalue weighted by Crippen LogP contribution is -2.31. The van der Waals surface area contributed by atoms with Crippen molar-refractivity contribution in [1.29, 1.82) is 0 Å². The van der Waals surface area contributed by atoms with Crippen LogP contribution in [0.2, 0.25) is 0 Å². The van der Waals surface area contributed by atoms with Gasteiger partial charge in [0, 0.05) is 14.9 Å². The van der Waals surface area contributed by atoms with E-state index in [9.17, 15) is 0 Å². The molecule has 0 atom stereocenters. The van der Waals surface area contributed by atoms with Crippen molar-refractivity contribution >= 4 is 0 Å². The largest absolute Gasteiger partial charge is 0.486 e. The van der Waals surface area contributed by atoms with Crippen LogP contribution in [0.15, 0.2) is 36.5 Å². The van der Waals surface area contributed by atoms with Crippen LogP contribution in [0.4, 0.5) is 0 Å². The summed E-state index contributed by atoms with van der Waals surface area (Å²) in [5, 5.41) is 0. The van der Waals surface area contributed by atoms with Gasteiger partial charge in [-0.3, -0.25) is 0 Å². The minimum atomic E-state index is -1.32. The lowest BCUT2D eigenvalue weighted by atomic mass is 9.93. The molecule has 0 unspecified atom stereocenters. The summed E-state index contributed by atoms with van der Waals surface area (Å²) in [7, 11) is 2.01. The van der Waals surface area contributed by atoms with Crippen LogP contribution in [0.3, 0.4) is 0 Å². The van der Waals surface area contributed by atoms with Crippen LogP contribution in [-0.2, 0) is 13.4 Å². The number of rotatable bonds is 1.